The lowest BCUT2D eigenvalue weighted by molar-refractivity contribution is -0.146. The molecule has 0 fully saturated rings. The molecule has 0 bridgehead atoms. The number of hydrogen-bond acceptors (Lipinski definition) is 10. The van der Waals surface area contributed by atoms with Crippen molar-refractivity contribution in [2.24, 2.45) is 0 Å². The van der Waals surface area contributed by atoms with Crippen LogP contribution in [0.25, 0.3) is 0 Å². The first-order valence-corrected chi connectivity index (χ1v) is 13.1. The molecule has 0 saturated carbocycles. The van der Waals surface area contributed by atoms with Gasteiger partial charge in [-0.15, -0.1) is 0 Å². The summed E-state index contributed by atoms with van der Waals surface area (Å²) in [7, 11) is -2.66. The molecule has 0 rings (SSSR count). The summed E-state index contributed by atoms with van der Waals surface area (Å²) in [4.78, 5) is 11.9. The Hall–Kier alpha value is -0.633. The molecular formula is C20H42O10Si. The summed E-state index contributed by atoms with van der Waals surface area (Å²) in [5.74, 6) is -0.278. The molecule has 0 aromatic carbocycles. The Morgan fingerprint density at radius 2 is 1.39 bits per heavy atom. The molecule has 31 heavy (non-hydrogen) atoms. The molecule has 10 nitrogen and oxygen atoms in total. The second-order valence-electron chi connectivity index (χ2n) is 6.50. The van der Waals surface area contributed by atoms with Crippen molar-refractivity contribution in [3.63, 3.8) is 0 Å². The van der Waals surface area contributed by atoms with Gasteiger partial charge in [0, 0.05) is 32.3 Å². The lowest BCUT2D eigenvalue weighted by Gasteiger charge is -2.28. The number of esters is 1. The molecule has 0 aliphatic carbocycles. The number of carbonyl (C=O) groups excluding carboxylic acids is 1. The van der Waals surface area contributed by atoms with E-state index in [1.807, 2.05) is 20.8 Å². The van der Waals surface area contributed by atoms with Crippen molar-refractivity contribution >= 4 is 14.8 Å². The summed E-state index contributed by atoms with van der Waals surface area (Å²) in [5.41, 5.74) is 0. The van der Waals surface area contributed by atoms with E-state index in [2.05, 4.69) is 0 Å². The van der Waals surface area contributed by atoms with Crippen LogP contribution in [0.4, 0.5) is 0 Å². The summed E-state index contributed by atoms with van der Waals surface area (Å²) in [6.45, 7) is 8.44. The summed E-state index contributed by atoms with van der Waals surface area (Å²) < 4.78 is 38.7. The SMILES string of the molecule is CCO[Si](CCCCC(=O)OCCOCC(COCCO)OCCO)(OCC)OCC. The van der Waals surface area contributed by atoms with Gasteiger partial charge in [0.25, 0.3) is 0 Å². The molecule has 0 aromatic rings. The average Bonchev–Trinajstić information content (AvgIpc) is 2.75. The van der Waals surface area contributed by atoms with E-state index in [0.29, 0.717) is 38.7 Å². The van der Waals surface area contributed by atoms with E-state index >= 15 is 0 Å². The summed E-state index contributed by atoms with van der Waals surface area (Å²) in [5, 5.41) is 17.6. The van der Waals surface area contributed by atoms with Gasteiger partial charge < -0.3 is 42.4 Å². The molecule has 0 amide bonds. The normalized spacial score (nSPS) is 12.8. The van der Waals surface area contributed by atoms with Crippen LogP contribution in [0.1, 0.15) is 40.0 Å². The van der Waals surface area contributed by atoms with Crippen molar-refractivity contribution in [2.45, 2.75) is 52.2 Å². The zero-order chi connectivity index (χ0) is 23.2. The van der Waals surface area contributed by atoms with E-state index < -0.39 is 8.80 Å². The van der Waals surface area contributed by atoms with Crippen molar-refractivity contribution in [1.29, 1.82) is 0 Å². The lowest BCUT2D eigenvalue weighted by Crippen LogP contribution is -2.45. The van der Waals surface area contributed by atoms with Crippen LogP contribution in [-0.2, 0) is 37.0 Å². The van der Waals surface area contributed by atoms with E-state index in [1.165, 1.54) is 0 Å². The van der Waals surface area contributed by atoms with Crippen molar-refractivity contribution in [2.75, 3.05) is 72.7 Å². The average molecular weight is 471 g/mol. The van der Waals surface area contributed by atoms with E-state index in [9.17, 15) is 4.79 Å². The van der Waals surface area contributed by atoms with Crippen molar-refractivity contribution in [3.05, 3.63) is 0 Å². The lowest BCUT2D eigenvalue weighted by atomic mass is 10.2. The maximum Gasteiger partial charge on any atom is 0.500 e. The number of ether oxygens (including phenoxy) is 4. The second kappa shape index (κ2) is 21.2. The van der Waals surface area contributed by atoms with Gasteiger partial charge in [-0.05, 0) is 33.6 Å². The fourth-order valence-electron chi connectivity index (χ4n) is 2.76. The minimum Gasteiger partial charge on any atom is -0.463 e. The largest absolute Gasteiger partial charge is 0.500 e. The van der Waals surface area contributed by atoms with Gasteiger partial charge in [0.2, 0.25) is 0 Å². The van der Waals surface area contributed by atoms with Gasteiger partial charge in [-0.1, -0.05) is 0 Å². The molecule has 0 aromatic heterocycles. The van der Waals surface area contributed by atoms with Crippen LogP contribution < -0.4 is 0 Å². The van der Waals surface area contributed by atoms with Gasteiger partial charge in [0.05, 0.1) is 46.2 Å². The van der Waals surface area contributed by atoms with E-state index in [1.54, 1.807) is 0 Å². The second-order valence-corrected chi connectivity index (χ2v) is 9.23. The van der Waals surface area contributed by atoms with Gasteiger partial charge in [0.1, 0.15) is 12.7 Å². The highest BCUT2D eigenvalue weighted by molar-refractivity contribution is 6.60. The molecule has 0 radical (unpaired) electrons. The molecule has 1 atom stereocenters. The monoisotopic (exact) mass is 470 g/mol. The van der Waals surface area contributed by atoms with Crippen LogP contribution in [0, 0.1) is 0 Å². The predicted molar refractivity (Wildman–Crippen MR) is 116 cm³/mol. The Bertz CT molecular complexity index is 396. The van der Waals surface area contributed by atoms with Crippen LogP contribution in [0.5, 0.6) is 0 Å². The van der Waals surface area contributed by atoms with E-state index in [4.69, 9.17) is 42.4 Å². The molecule has 0 heterocycles. The smallest absolute Gasteiger partial charge is 0.463 e. The van der Waals surface area contributed by atoms with Crippen LogP contribution in [0.15, 0.2) is 0 Å². The third-order valence-corrected chi connectivity index (χ3v) is 7.14. The van der Waals surface area contributed by atoms with E-state index in [0.717, 1.165) is 6.42 Å². The Kier molecular flexibility index (Phi) is 20.8. The Morgan fingerprint density at radius 3 is 1.94 bits per heavy atom. The zero-order valence-corrected chi connectivity index (χ0v) is 20.3. The number of carbonyl (C=O) groups is 1. The summed E-state index contributed by atoms with van der Waals surface area (Å²) in [6.07, 6.45) is 1.38. The Labute approximate surface area is 187 Å². The first-order chi connectivity index (χ1) is 15.1. The molecule has 0 saturated heterocycles. The van der Waals surface area contributed by atoms with Crippen LogP contribution in [-0.4, -0.2) is 104 Å². The van der Waals surface area contributed by atoms with Crippen LogP contribution in [0.2, 0.25) is 6.04 Å². The molecule has 0 aliphatic heterocycles. The number of aliphatic hydroxyl groups is 2. The van der Waals surface area contributed by atoms with Gasteiger partial charge in [-0.2, -0.15) is 0 Å². The van der Waals surface area contributed by atoms with Gasteiger partial charge in [-0.3, -0.25) is 4.79 Å². The zero-order valence-electron chi connectivity index (χ0n) is 19.3. The van der Waals surface area contributed by atoms with E-state index in [-0.39, 0.29) is 64.9 Å². The van der Waals surface area contributed by atoms with Crippen LogP contribution >= 0.6 is 0 Å². The van der Waals surface area contributed by atoms with Crippen LogP contribution in [0.3, 0.4) is 0 Å². The Balaban J connectivity index is 3.99. The van der Waals surface area contributed by atoms with Gasteiger partial charge in [0.15, 0.2) is 0 Å². The maximum atomic E-state index is 11.9. The topological polar surface area (TPSA) is 122 Å². The first-order valence-electron chi connectivity index (χ1n) is 11.1. The summed E-state index contributed by atoms with van der Waals surface area (Å²) >= 11 is 0. The fourth-order valence-corrected chi connectivity index (χ4v) is 5.44. The summed E-state index contributed by atoms with van der Waals surface area (Å²) in [6, 6.07) is 0.673. The van der Waals surface area contributed by atoms with Crippen molar-refractivity contribution in [3.8, 4) is 0 Å². The molecule has 1 unspecified atom stereocenters. The van der Waals surface area contributed by atoms with Gasteiger partial charge in [-0.25, -0.2) is 0 Å². The Morgan fingerprint density at radius 1 is 0.806 bits per heavy atom. The highest BCUT2D eigenvalue weighted by Crippen LogP contribution is 2.20. The molecule has 0 spiro atoms. The highest BCUT2D eigenvalue weighted by atomic mass is 28.4. The number of aliphatic hydroxyl groups excluding tert-OH is 2. The molecule has 2 N–H and O–H groups in total. The van der Waals surface area contributed by atoms with Gasteiger partial charge >= 0.3 is 14.8 Å². The number of hydrogen-bond donors (Lipinski definition) is 2. The third kappa shape index (κ3) is 16.6. The molecule has 11 heteroatoms. The molecular weight excluding hydrogens is 428 g/mol. The fraction of sp³-hybridized carbons (Fsp3) is 0.950. The first kappa shape index (κ1) is 30.4. The quantitative estimate of drug-likeness (QED) is 0.128. The molecule has 186 valence electrons. The number of rotatable bonds is 23. The minimum absolute atomic E-state index is 0.0738. The standard InChI is InChI=1S/C20H42O10Si/c1-4-28-31(29-5-2,30-6-3)16-8-7-9-20(23)27-15-14-25-18-19(26-13-11-22)17-24-12-10-21/h19,21-22H,4-18H2,1-3H3. The third-order valence-electron chi connectivity index (χ3n) is 3.99. The van der Waals surface area contributed by atoms with Crippen molar-refractivity contribution in [1.82, 2.24) is 0 Å². The maximum absolute atomic E-state index is 11.9. The minimum atomic E-state index is -2.66. The predicted octanol–water partition coefficient (Wildman–Crippen LogP) is 1.15. The van der Waals surface area contributed by atoms with Crippen molar-refractivity contribution < 1.29 is 47.2 Å². The highest BCUT2D eigenvalue weighted by Gasteiger charge is 2.39. The molecule has 0 aliphatic rings. The number of unbranched alkanes of at least 4 members (excludes halogenated alkanes) is 1.